The molecule has 0 saturated heterocycles. The zero-order valence-corrected chi connectivity index (χ0v) is 11.9. The number of amides is 1. The molecule has 22 heavy (non-hydrogen) atoms. The van der Waals surface area contributed by atoms with Crippen molar-refractivity contribution in [1.82, 2.24) is 0 Å². The molecule has 0 aromatic heterocycles. The number of carbonyl (C=O) groups is 2. The van der Waals surface area contributed by atoms with E-state index in [4.69, 9.17) is 0 Å². The van der Waals surface area contributed by atoms with Crippen LogP contribution < -0.4 is 5.32 Å². The van der Waals surface area contributed by atoms with E-state index in [-0.39, 0.29) is 5.56 Å². The van der Waals surface area contributed by atoms with Gasteiger partial charge >= 0.3 is 5.97 Å². The SMILES string of the molecule is COC(=O)c1ccccc1NC(=O)C=Cc1ccccc1F. The maximum Gasteiger partial charge on any atom is 0.339 e. The van der Waals surface area contributed by atoms with Crippen LogP contribution in [0.4, 0.5) is 10.1 Å². The van der Waals surface area contributed by atoms with Crippen molar-refractivity contribution in [3.8, 4) is 0 Å². The Balaban J connectivity index is 2.13. The Morgan fingerprint density at radius 2 is 1.77 bits per heavy atom. The monoisotopic (exact) mass is 299 g/mol. The first-order chi connectivity index (χ1) is 10.6. The van der Waals surface area contributed by atoms with E-state index >= 15 is 0 Å². The van der Waals surface area contributed by atoms with Gasteiger partial charge in [0.2, 0.25) is 5.91 Å². The lowest BCUT2D eigenvalue weighted by Crippen LogP contribution is -2.12. The van der Waals surface area contributed by atoms with Crippen LogP contribution >= 0.6 is 0 Å². The van der Waals surface area contributed by atoms with Crippen molar-refractivity contribution in [1.29, 1.82) is 0 Å². The molecule has 0 bridgehead atoms. The van der Waals surface area contributed by atoms with Crippen molar-refractivity contribution in [2.24, 2.45) is 0 Å². The van der Waals surface area contributed by atoms with Crippen LogP contribution in [0, 0.1) is 5.82 Å². The molecule has 0 aliphatic rings. The first-order valence-corrected chi connectivity index (χ1v) is 6.52. The minimum Gasteiger partial charge on any atom is -0.465 e. The zero-order valence-electron chi connectivity index (χ0n) is 11.9. The largest absolute Gasteiger partial charge is 0.465 e. The lowest BCUT2D eigenvalue weighted by Gasteiger charge is -2.07. The van der Waals surface area contributed by atoms with Crippen molar-refractivity contribution < 1.29 is 18.7 Å². The summed E-state index contributed by atoms with van der Waals surface area (Å²) >= 11 is 0. The minimum atomic E-state index is -0.547. The Morgan fingerprint density at radius 3 is 2.50 bits per heavy atom. The number of carbonyl (C=O) groups excluding carboxylic acids is 2. The normalized spacial score (nSPS) is 10.5. The molecule has 2 aromatic rings. The van der Waals surface area contributed by atoms with Gasteiger partial charge in [0.1, 0.15) is 5.82 Å². The number of halogens is 1. The summed E-state index contributed by atoms with van der Waals surface area (Å²) in [4.78, 5) is 23.5. The Bertz CT molecular complexity index is 725. The highest BCUT2D eigenvalue weighted by Crippen LogP contribution is 2.16. The number of para-hydroxylation sites is 1. The first kappa shape index (κ1) is 15.4. The average molecular weight is 299 g/mol. The van der Waals surface area contributed by atoms with Gasteiger partial charge in [-0.25, -0.2) is 9.18 Å². The van der Waals surface area contributed by atoms with Gasteiger partial charge in [0.05, 0.1) is 18.4 Å². The average Bonchev–Trinajstić information content (AvgIpc) is 2.54. The zero-order chi connectivity index (χ0) is 15.9. The molecule has 0 radical (unpaired) electrons. The Hall–Kier alpha value is -2.95. The molecule has 0 atom stereocenters. The molecule has 0 aliphatic heterocycles. The Morgan fingerprint density at radius 1 is 1.09 bits per heavy atom. The van der Waals surface area contributed by atoms with Crippen LogP contribution in [0.3, 0.4) is 0 Å². The lowest BCUT2D eigenvalue weighted by molar-refractivity contribution is -0.111. The summed E-state index contributed by atoms with van der Waals surface area (Å²) in [6.07, 6.45) is 2.57. The van der Waals surface area contributed by atoms with Gasteiger partial charge in [0.15, 0.2) is 0 Å². The van der Waals surface area contributed by atoms with E-state index in [0.717, 1.165) is 0 Å². The number of hydrogen-bond donors (Lipinski definition) is 1. The summed E-state index contributed by atoms with van der Waals surface area (Å²) in [5.74, 6) is -1.44. The maximum absolute atomic E-state index is 13.4. The fraction of sp³-hybridized carbons (Fsp3) is 0.0588. The molecule has 4 nitrogen and oxygen atoms in total. The summed E-state index contributed by atoms with van der Waals surface area (Å²) in [6, 6.07) is 12.6. The summed E-state index contributed by atoms with van der Waals surface area (Å²) in [6.45, 7) is 0. The molecule has 1 N–H and O–H groups in total. The van der Waals surface area contributed by atoms with Crippen LogP contribution in [0.15, 0.2) is 54.6 Å². The predicted octanol–water partition coefficient (Wildman–Crippen LogP) is 3.26. The van der Waals surface area contributed by atoms with Gasteiger partial charge in [-0.1, -0.05) is 30.3 Å². The number of benzene rings is 2. The van der Waals surface area contributed by atoms with Crippen LogP contribution in [0.5, 0.6) is 0 Å². The predicted molar refractivity (Wildman–Crippen MR) is 81.8 cm³/mol. The van der Waals surface area contributed by atoms with Gasteiger partial charge in [0.25, 0.3) is 0 Å². The molecule has 0 aliphatic carbocycles. The summed E-state index contributed by atoms with van der Waals surface area (Å²) < 4.78 is 18.1. The van der Waals surface area contributed by atoms with E-state index in [1.165, 1.54) is 25.3 Å². The molecule has 112 valence electrons. The highest BCUT2D eigenvalue weighted by molar-refractivity contribution is 6.06. The summed E-state index contributed by atoms with van der Waals surface area (Å²) in [5.41, 5.74) is 0.883. The van der Waals surface area contributed by atoms with E-state index in [2.05, 4.69) is 10.1 Å². The first-order valence-electron chi connectivity index (χ1n) is 6.52. The fourth-order valence-corrected chi connectivity index (χ4v) is 1.83. The molecule has 0 fully saturated rings. The minimum absolute atomic E-state index is 0.248. The number of methoxy groups -OCH3 is 1. The quantitative estimate of drug-likeness (QED) is 0.696. The van der Waals surface area contributed by atoms with Crippen molar-refractivity contribution in [3.63, 3.8) is 0 Å². The molecule has 1 amide bonds. The number of nitrogens with one attached hydrogen (secondary N) is 1. The third-order valence-corrected chi connectivity index (χ3v) is 2.91. The van der Waals surface area contributed by atoms with Crippen LogP contribution in [0.25, 0.3) is 6.08 Å². The lowest BCUT2D eigenvalue weighted by atomic mass is 10.1. The molecule has 0 saturated carbocycles. The second-order valence-electron chi connectivity index (χ2n) is 4.38. The molecule has 2 aromatic carbocycles. The van der Waals surface area contributed by atoms with E-state index in [9.17, 15) is 14.0 Å². The number of ether oxygens (including phenoxy) is 1. The molecule has 2 rings (SSSR count). The Labute approximate surface area is 127 Å². The smallest absolute Gasteiger partial charge is 0.339 e. The van der Waals surface area contributed by atoms with Crippen molar-refractivity contribution in [2.45, 2.75) is 0 Å². The second kappa shape index (κ2) is 7.17. The van der Waals surface area contributed by atoms with E-state index in [1.54, 1.807) is 42.5 Å². The molecular formula is C17H14FNO3. The van der Waals surface area contributed by atoms with E-state index < -0.39 is 17.7 Å². The van der Waals surface area contributed by atoms with Crippen molar-refractivity contribution in [3.05, 3.63) is 71.6 Å². The topological polar surface area (TPSA) is 55.4 Å². The second-order valence-corrected chi connectivity index (χ2v) is 4.38. The molecule has 0 spiro atoms. The number of esters is 1. The van der Waals surface area contributed by atoms with E-state index in [0.29, 0.717) is 11.3 Å². The van der Waals surface area contributed by atoms with Crippen molar-refractivity contribution >= 4 is 23.6 Å². The summed E-state index contributed by atoms with van der Waals surface area (Å²) in [5, 5.41) is 2.57. The van der Waals surface area contributed by atoms with Crippen LogP contribution in [0.2, 0.25) is 0 Å². The fourth-order valence-electron chi connectivity index (χ4n) is 1.83. The third kappa shape index (κ3) is 3.79. The Kier molecular flexibility index (Phi) is 5.03. The number of rotatable bonds is 4. The molecule has 5 heteroatoms. The van der Waals surface area contributed by atoms with Gasteiger partial charge < -0.3 is 10.1 Å². The van der Waals surface area contributed by atoms with Gasteiger partial charge in [-0.2, -0.15) is 0 Å². The molecule has 0 unspecified atom stereocenters. The van der Waals surface area contributed by atoms with Gasteiger partial charge in [-0.3, -0.25) is 4.79 Å². The number of anilines is 1. The van der Waals surface area contributed by atoms with Crippen LogP contribution in [0.1, 0.15) is 15.9 Å². The highest BCUT2D eigenvalue weighted by Gasteiger charge is 2.12. The van der Waals surface area contributed by atoms with Gasteiger partial charge in [0, 0.05) is 11.6 Å². The third-order valence-electron chi connectivity index (χ3n) is 2.91. The van der Waals surface area contributed by atoms with Gasteiger partial charge in [-0.05, 0) is 24.3 Å². The number of hydrogen-bond acceptors (Lipinski definition) is 3. The standard InChI is InChI=1S/C17H14FNO3/c1-22-17(21)13-7-3-5-9-15(13)19-16(20)11-10-12-6-2-4-8-14(12)18/h2-11H,1H3,(H,19,20). The van der Waals surface area contributed by atoms with Crippen molar-refractivity contribution in [2.75, 3.05) is 12.4 Å². The summed E-state index contributed by atoms with van der Waals surface area (Å²) in [7, 11) is 1.26. The maximum atomic E-state index is 13.4. The molecule has 0 heterocycles. The molecular weight excluding hydrogens is 285 g/mol. The van der Waals surface area contributed by atoms with E-state index in [1.807, 2.05) is 0 Å². The van der Waals surface area contributed by atoms with Crippen LogP contribution in [-0.4, -0.2) is 19.0 Å². The van der Waals surface area contributed by atoms with Crippen LogP contribution in [-0.2, 0) is 9.53 Å². The highest BCUT2D eigenvalue weighted by atomic mass is 19.1. The van der Waals surface area contributed by atoms with Gasteiger partial charge in [-0.15, -0.1) is 0 Å².